The third-order valence-corrected chi connectivity index (χ3v) is 5.05. The molecule has 0 aliphatic carbocycles. The normalized spacial score (nSPS) is 16.2. The molecule has 3 aromatic rings. The fourth-order valence-electron chi connectivity index (χ4n) is 3.53. The second-order valence-corrected chi connectivity index (χ2v) is 7.16. The quantitative estimate of drug-likeness (QED) is 0.674. The predicted molar refractivity (Wildman–Crippen MR) is 108 cm³/mol. The zero-order valence-electron chi connectivity index (χ0n) is 17.1. The van der Waals surface area contributed by atoms with Gasteiger partial charge >= 0.3 is 0 Å². The molecule has 0 saturated heterocycles. The number of methoxy groups -OCH3 is 1. The number of benzene rings is 1. The molecule has 2 amide bonds. The minimum atomic E-state index is -0.675. The highest BCUT2D eigenvalue weighted by Crippen LogP contribution is 2.21. The largest absolute Gasteiger partial charge is 0.496 e. The first-order valence-electron chi connectivity index (χ1n) is 9.60. The number of fused-ring (bicyclic) bond motifs is 1. The first-order chi connectivity index (χ1) is 14.5. The lowest BCUT2D eigenvalue weighted by atomic mass is 10.2. The van der Waals surface area contributed by atoms with Crippen LogP contribution in [0.4, 0.5) is 5.82 Å². The number of nitrogens with zero attached hydrogens (tertiary/aromatic N) is 6. The van der Waals surface area contributed by atoms with Crippen LogP contribution in [0.25, 0.3) is 0 Å². The average molecular weight is 409 g/mol. The molecule has 1 atom stereocenters. The minimum Gasteiger partial charge on any atom is -0.496 e. The number of likely N-dealkylation sites (N-methyl/N-ethyl adjacent to an activating group) is 1. The number of nitrogens with one attached hydrogen (secondary N) is 1. The summed E-state index contributed by atoms with van der Waals surface area (Å²) < 4.78 is 8.68. The maximum atomic E-state index is 12.8. The summed E-state index contributed by atoms with van der Waals surface area (Å²) in [5.41, 5.74) is 1.76. The Morgan fingerprint density at radius 1 is 1.30 bits per heavy atom. The minimum absolute atomic E-state index is 0.0122. The Morgan fingerprint density at radius 2 is 2.10 bits per heavy atom. The molecule has 1 aliphatic rings. The number of carbonyl (C=O) groups excluding carboxylic acids is 2. The highest BCUT2D eigenvalue weighted by Gasteiger charge is 2.31. The lowest BCUT2D eigenvalue weighted by Crippen LogP contribution is -2.47. The maximum absolute atomic E-state index is 12.8. The third kappa shape index (κ3) is 3.76. The fourth-order valence-corrected chi connectivity index (χ4v) is 3.53. The van der Waals surface area contributed by atoms with E-state index >= 15 is 0 Å². The third-order valence-electron chi connectivity index (χ3n) is 5.05. The number of hydrogen-bond acceptors (Lipinski definition) is 6. The van der Waals surface area contributed by atoms with Crippen LogP contribution < -0.4 is 15.0 Å². The van der Waals surface area contributed by atoms with Gasteiger partial charge in [-0.3, -0.25) is 14.5 Å². The van der Waals surface area contributed by atoms with Crippen molar-refractivity contribution >= 4 is 17.6 Å². The molecule has 2 aromatic heterocycles. The zero-order chi connectivity index (χ0) is 21.3. The summed E-state index contributed by atoms with van der Waals surface area (Å²) in [6.45, 7) is 2.82. The van der Waals surface area contributed by atoms with E-state index in [0.717, 1.165) is 17.0 Å². The number of hydrogen-bond donors (Lipinski definition) is 1. The zero-order valence-corrected chi connectivity index (χ0v) is 17.1. The summed E-state index contributed by atoms with van der Waals surface area (Å²) >= 11 is 0. The monoisotopic (exact) mass is 409 g/mol. The highest BCUT2D eigenvalue weighted by molar-refractivity contribution is 6.00. The van der Waals surface area contributed by atoms with Crippen molar-refractivity contribution in [2.45, 2.75) is 32.5 Å². The number of para-hydroxylation sites is 1. The van der Waals surface area contributed by atoms with E-state index in [-0.39, 0.29) is 11.7 Å². The van der Waals surface area contributed by atoms with Crippen molar-refractivity contribution in [2.75, 3.05) is 19.1 Å². The highest BCUT2D eigenvalue weighted by atomic mass is 16.5. The first kappa shape index (κ1) is 19.6. The van der Waals surface area contributed by atoms with Gasteiger partial charge in [-0.1, -0.05) is 18.2 Å². The molecule has 30 heavy (non-hydrogen) atoms. The van der Waals surface area contributed by atoms with Gasteiger partial charge < -0.3 is 10.1 Å². The van der Waals surface area contributed by atoms with Crippen molar-refractivity contribution in [2.24, 2.45) is 0 Å². The molecule has 4 rings (SSSR count). The number of rotatable bonds is 5. The van der Waals surface area contributed by atoms with Gasteiger partial charge in [0.1, 0.15) is 23.9 Å². The molecule has 0 fully saturated rings. The Morgan fingerprint density at radius 3 is 2.90 bits per heavy atom. The molecule has 0 bridgehead atoms. The van der Waals surface area contributed by atoms with Gasteiger partial charge in [-0.2, -0.15) is 5.10 Å². The molecule has 156 valence electrons. The van der Waals surface area contributed by atoms with Gasteiger partial charge in [-0.05, 0) is 19.4 Å². The van der Waals surface area contributed by atoms with Crippen LogP contribution in [0.3, 0.4) is 0 Å². The molecule has 3 heterocycles. The van der Waals surface area contributed by atoms with E-state index in [0.29, 0.717) is 25.3 Å². The molecule has 0 unspecified atom stereocenters. The number of aryl methyl sites for hydroxylation is 2. The van der Waals surface area contributed by atoms with Crippen LogP contribution in [0.5, 0.6) is 5.75 Å². The van der Waals surface area contributed by atoms with Crippen LogP contribution >= 0.6 is 0 Å². The van der Waals surface area contributed by atoms with Gasteiger partial charge in [-0.25, -0.2) is 14.3 Å². The summed E-state index contributed by atoms with van der Waals surface area (Å²) in [6.07, 6.45) is 1.92. The van der Waals surface area contributed by atoms with Crippen molar-refractivity contribution in [3.63, 3.8) is 0 Å². The van der Waals surface area contributed by atoms with Crippen molar-refractivity contribution in [3.05, 3.63) is 53.7 Å². The summed E-state index contributed by atoms with van der Waals surface area (Å²) in [5, 5.41) is 11.4. The van der Waals surface area contributed by atoms with E-state index in [9.17, 15) is 9.59 Å². The van der Waals surface area contributed by atoms with Crippen molar-refractivity contribution in [3.8, 4) is 5.75 Å². The molecular formula is C20H23N7O3. The number of amides is 2. The van der Waals surface area contributed by atoms with E-state index in [4.69, 9.17) is 4.74 Å². The molecule has 0 spiro atoms. The standard InChI is InChI=1S/C20H23N7O3/c1-13-10-17-25(2)20(29)15(8-9-27(17)23-13)22-19(28)18-21-12-26(24-18)11-14-6-4-5-7-16(14)30-3/h4-7,10,12,15H,8-9,11H2,1-3H3,(H,22,28)/t15-/m0/s1. The Labute approximate surface area is 173 Å². The molecule has 0 saturated carbocycles. The van der Waals surface area contributed by atoms with Gasteiger partial charge in [0.15, 0.2) is 0 Å². The molecule has 0 radical (unpaired) electrons. The van der Waals surface area contributed by atoms with E-state index < -0.39 is 11.9 Å². The van der Waals surface area contributed by atoms with Gasteiger partial charge in [0.25, 0.3) is 11.8 Å². The second-order valence-electron chi connectivity index (χ2n) is 7.16. The van der Waals surface area contributed by atoms with Crippen molar-refractivity contribution in [1.82, 2.24) is 29.9 Å². The lowest BCUT2D eigenvalue weighted by molar-refractivity contribution is -0.120. The van der Waals surface area contributed by atoms with Crippen molar-refractivity contribution in [1.29, 1.82) is 0 Å². The SMILES string of the molecule is COc1ccccc1Cn1cnc(C(=O)N[C@H]2CCn3nc(C)cc3N(C)C2=O)n1. The van der Waals surface area contributed by atoms with Crippen molar-refractivity contribution < 1.29 is 14.3 Å². The lowest BCUT2D eigenvalue weighted by Gasteiger charge is -2.19. The summed E-state index contributed by atoms with van der Waals surface area (Å²) in [6, 6.07) is 8.75. The van der Waals surface area contributed by atoms with Gasteiger partial charge in [-0.15, -0.1) is 5.10 Å². The smallest absolute Gasteiger partial charge is 0.291 e. The van der Waals surface area contributed by atoms with Crippen LogP contribution in [-0.4, -0.2) is 56.6 Å². The molecular weight excluding hydrogens is 386 g/mol. The Hall–Kier alpha value is -3.69. The van der Waals surface area contributed by atoms with E-state index in [1.165, 1.54) is 11.2 Å². The Bertz CT molecular complexity index is 1090. The van der Waals surface area contributed by atoms with E-state index in [1.807, 2.05) is 37.3 Å². The van der Waals surface area contributed by atoms with E-state index in [2.05, 4.69) is 20.5 Å². The molecule has 10 nitrogen and oxygen atoms in total. The topological polar surface area (TPSA) is 107 Å². The molecule has 1 aliphatic heterocycles. The number of ether oxygens (including phenoxy) is 1. The second kappa shape index (κ2) is 7.97. The average Bonchev–Trinajstić information content (AvgIpc) is 3.34. The first-order valence-corrected chi connectivity index (χ1v) is 9.60. The van der Waals surface area contributed by atoms with Gasteiger partial charge in [0, 0.05) is 25.2 Å². The molecule has 1 aromatic carbocycles. The van der Waals surface area contributed by atoms with Crippen LogP contribution in [-0.2, 0) is 17.9 Å². The van der Waals surface area contributed by atoms with Gasteiger partial charge in [0.05, 0.1) is 19.3 Å². The summed E-state index contributed by atoms with van der Waals surface area (Å²) in [5.74, 6) is 0.775. The van der Waals surface area contributed by atoms with Crippen LogP contribution in [0, 0.1) is 6.92 Å². The predicted octanol–water partition coefficient (Wildman–Crippen LogP) is 1.01. The maximum Gasteiger partial charge on any atom is 0.291 e. The summed E-state index contributed by atoms with van der Waals surface area (Å²) in [7, 11) is 3.28. The summed E-state index contributed by atoms with van der Waals surface area (Å²) in [4.78, 5) is 31.1. The van der Waals surface area contributed by atoms with Crippen LogP contribution in [0.2, 0.25) is 0 Å². The molecule has 10 heteroatoms. The Kier molecular flexibility index (Phi) is 5.21. The molecule has 1 N–H and O–H groups in total. The number of aromatic nitrogens is 5. The van der Waals surface area contributed by atoms with E-state index in [1.54, 1.807) is 23.5 Å². The number of anilines is 1. The van der Waals surface area contributed by atoms with Crippen LogP contribution in [0.1, 0.15) is 28.3 Å². The van der Waals surface area contributed by atoms with Gasteiger partial charge in [0.2, 0.25) is 5.82 Å². The Balaban J connectivity index is 1.44. The fraction of sp³-hybridized carbons (Fsp3) is 0.350. The van der Waals surface area contributed by atoms with Crippen LogP contribution in [0.15, 0.2) is 36.7 Å². The number of carbonyl (C=O) groups is 2.